The number of halogens is 1. The van der Waals surface area contributed by atoms with Crippen molar-refractivity contribution >= 4 is 18.3 Å². The third kappa shape index (κ3) is 5.38. The van der Waals surface area contributed by atoms with Gasteiger partial charge in [0.2, 0.25) is 5.91 Å². The number of carbonyl (C=O) groups is 1. The first kappa shape index (κ1) is 16.7. The van der Waals surface area contributed by atoms with Crippen LogP contribution in [0.2, 0.25) is 0 Å². The minimum atomic E-state index is -0.160. The van der Waals surface area contributed by atoms with Gasteiger partial charge in [-0.3, -0.25) is 4.79 Å². The van der Waals surface area contributed by atoms with E-state index in [1.807, 2.05) is 45.0 Å². The van der Waals surface area contributed by atoms with Crippen LogP contribution in [-0.2, 0) is 4.79 Å². The van der Waals surface area contributed by atoms with E-state index in [4.69, 9.17) is 10.5 Å². The van der Waals surface area contributed by atoms with Gasteiger partial charge >= 0.3 is 0 Å². The number of nitrogens with one attached hydrogen (secondary N) is 1. The molecule has 4 nitrogen and oxygen atoms in total. The Kier molecular flexibility index (Phi) is 7.39. The molecule has 0 bridgehead atoms. The summed E-state index contributed by atoms with van der Waals surface area (Å²) < 4.78 is 5.60. The molecule has 0 saturated heterocycles. The van der Waals surface area contributed by atoms with E-state index in [9.17, 15) is 4.79 Å². The van der Waals surface area contributed by atoms with Crippen molar-refractivity contribution in [2.45, 2.75) is 32.9 Å². The van der Waals surface area contributed by atoms with E-state index in [-0.39, 0.29) is 37.0 Å². The SMILES string of the molecule is CC(C)Oc1cccc(C(C)NC(=O)CN)c1.Cl. The van der Waals surface area contributed by atoms with Crippen molar-refractivity contribution in [3.8, 4) is 5.75 Å². The maximum atomic E-state index is 11.2. The molecule has 0 fully saturated rings. The van der Waals surface area contributed by atoms with E-state index in [1.165, 1.54) is 0 Å². The zero-order chi connectivity index (χ0) is 12.8. The molecule has 0 saturated carbocycles. The van der Waals surface area contributed by atoms with Crippen LogP contribution in [0.25, 0.3) is 0 Å². The molecular weight excluding hydrogens is 252 g/mol. The average molecular weight is 273 g/mol. The van der Waals surface area contributed by atoms with E-state index in [0.717, 1.165) is 11.3 Å². The molecule has 0 aromatic heterocycles. The van der Waals surface area contributed by atoms with E-state index in [1.54, 1.807) is 0 Å². The Morgan fingerprint density at radius 2 is 2.06 bits per heavy atom. The highest BCUT2D eigenvalue weighted by Gasteiger charge is 2.09. The fraction of sp³-hybridized carbons (Fsp3) is 0.462. The Hall–Kier alpha value is -1.26. The van der Waals surface area contributed by atoms with Crippen molar-refractivity contribution < 1.29 is 9.53 Å². The number of carbonyl (C=O) groups excluding carboxylic acids is 1. The lowest BCUT2D eigenvalue weighted by Gasteiger charge is -2.16. The third-order valence-corrected chi connectivity index (χ3v) is 2.29. The van der Waals surface area contributed by atoms with Crippen molar-refractivity contribution in [3.05, 3.63) is 29.8 Å². The normalized spacial score (nSPS) is 11.6. The molecule has 0 aliphatic rings. The Morgan fingerprint density at radius 3 is 2.61 bits per heavy atom. The highest BCUT2D eigenvalue weighted by Crippen LogP contribution is 2.19. The summed E-state index contributed by atoms with van der Waals surface area (Å²) in [5, 5.41) is 2.81. The Morgan fingerprint density at radius 1 is 1.39 bits per heavy atom. The molecule has 1 aromatic rings. The molecule has 1 atom stereocenters. The van der Waals surface area contributed by atoms with Crippen molar-refractivity contribution in [1.29, 1.82) is 0 Å². The maximum Gasteiger partial charge on any atom is 0.234 e. The van der Waals surface area contributed by atoms with Crippen LogP contribution < -0.4 is 15.8 Å². The summed E-state index contributed by atoms with van der Waals surface area (Å²) in [7, 11) is 0. The number of nitrogens with two attached hydrogens (primary N) is 1. The van der Waals surface area contributed by atoms with Gasteiger partial charge in [0.25, 0.3) is 0 Å². The predicted molar refractivity (Wildman–Crippen MR) is 75.1 cm³/mol. The first-order valence-corrected chi connectivity index (χ1v) is 5.79. The van der Waals surface area contributed by atoms with Crippen LogP contribution in [0.3, 0.4) is 0 Å². The molecule has 0 radical (unpaired) electrons. The lowest BCUT2D eigenvalue weighted by atomic mass is 10.1. The fourth-order valence-corrected chi connectivity index (χ4v) is 1.51. The van der Waals surface area contributed by atoms with Crippen molar-refractivity contribution in [1.82, 2.24) is 5.32 Å². The second-order valence-corrected chi connectivity index (χ2v) is 4.23. The number of amides is 1. The Labute approximate surface area is 114 Å². The largest absolute Gasteiger partial charge is 0.491 e. The van der Waals surface area contributed by atoms with Gasteiger partial charge in [-0.2, -0.15) is 0 Å². The van der Waals surface area contributed by atoms with Gasteiger partial charge in [0.15, 0.2) is 0 Å². The van der Waals surface area contributed by atoms with Crippen molar-refractivity contribution in [2.24, 2.45) is 5.73 Å². The van der Waals surface area contributed by atoms with Gasteiger partial charge in [0.05, 0.1) is 18.7 Å². The zero-order valence-corrected chi connectivity index (χ0v) is 11.8. The summed E-state index contributed by atoms with van der Waals surface area (Å²) in [6.45, 7) is 5.88. The molecule has 3 N–H and O–H groups in total. The van der Waals surface area contributed by atoms with Gasteiger partial charge in [0, 0.05) is 0 Å². The maximum absolute atomic E-state index is 11.2. The molecule has 102 valence electrons. The Balaban J connectivity index is 0.00000289. The van der Waals surface area contributed by atoms with Crippen LogP contribution in [0.5, 0.6) is 5.75 Å². The standard InChI is InChI=1S/C13H20N2O2.ClH/c1-9(2)17-12-6-4-5-11(7-12)10(3)15-13(16)8-14;/h4-7,9-10H,8,14H2,1-3H3,(H,15,16);1H. The van der Waals surface area contributed by atoms with Gasteiger partial charge in [-0.25, -0.2) is 0 Å². The van der Waals surface area contributed by atoms with Crippen LogP contribution in [-0.4, -0.2) is 18.6 Å². The lowest BCUT2D eigenvalue weighted by Crippen LogP contribution is -2.32. The second-order valence-electron chi connectivity index (χ2n) is 4.23. The molecule has 0 aliphatic heterocycles. The van der Waals surface area contributed by atoms with Crippen LogP contribution in [0.1, 0.15) is 32.4 Å². The van der Waals surface area contributed by atoms with Gasteiger partial charge in [0.1, 0.15) is 5.75 Å². The molecule has 1 rings (SSSR count). The third-order valence-electron chi connectivity index (χ3n) is 2.29. The summed E-state index contributed by atoms with van der Waals surface area (Å²) in [4.78, 5) is 11.2. The highest BCUT2D eigenvalue weighted by molar-refractivity contribution is 5.85. The Bertz CT molecular complexity index is 383. The van der Waals surface area contributed by atoms with Crippen molar-refractivity contribution in [2.75, 3.05) is 6.54 Å². The molecule has 0 spiro atoms. The van der Waals surface area contributed by atoms with Crippen LogP contribution >= 0.6 is 12.4 Å². The summed E-state index contributed by atoms with van der Waals surface area (Å²) in [6, 6.07) is 7.64. The smallest absolute Gasteiger partial charge is 0.234 e. The monoisotopic (exact) mass is 272 g/mol. The second kappa shape index (κ2) is 7.95. The summed E-state index contributed by atoms with van der Waals surface area (Å²) in [6.07, 6.45) is 0.138. The number of ether oxygens (including phenoxy) is 1. The predicted octanol–water partition coefficient (Wildman–Crippen LogP) is 2.03. The minimum Gasteiger partial charge on any atom is -0.491 e. The summed E-state index contributed by atoms with van der Waals surface area (Å²) >= 11 is 0. The summed E-state index contributed by atoms with van der Waals surface area (Å²) in [5.74, 6) is 0.652. The van der Waals surface area contributed by atoms with E-state index >= 15 is 0 Å². The molecule has 1 unspecified atom stereocenters. The van der Waals surface area contributed by atoms with Crippen molar-refractivity contribution in [3.63, 3.8) is 0 Å². The van der Waals surface area contributed by atoms with Gasteiger partial charge in [-0.15, -0.1) is 12.4 Å². The summed E-state index contributed by atoms with van der Waals surface area (Å²) in [5.41, 5.74) is 6.26. The molecule has 1 aromatic carbocycles. The number of hydrogen-bond acceptors (Lipinski definition) is 3. The van der Waals surface area contributed by atoms with Crippen LogP contribution in [0.15, 0.2) is 24.3 Å². The number of rotatable bonds is 5. The van der Waals surface area contributed by atoms with Crippen LogP contribution in [0, 0.1) is 0 Å². The molecular formula is C13H21ClN2O2. The first-order valence-electron chi connectivity index (χ1n) is 5.79. The number of hydrogen-bond donors (Lipinski definition) is 2. The molecule has 0 heterocycles. The zero-order valence-electron chi connectivity index (χ0n) is 11.0. The van der Waals surface area contributed by atoms with E-state index < -0.39 is 0 Å². The molecule has 0 aliphatic carbocycles. The van der Waals surface area contributed by atoms with Gasteiger partial charge in [-0.1, -0.05) is 12.1 Å². The quantitative estimate of drug-likeness (QED) is 0.862. The topological polar surface area (TPSA) is 64.3 Å². The molecule has 1 amide bonds. The van der Waals surface area contributed by atoms with Gasteiger partial charge in [-0.05, 0) is 38.5 Å². The van der Waals surface area contributed by atoms with Gasteiger partial charge < -0.3 is 15.8 Å². The highest BCUT2D eigenvalue weighted by atomic mass is 35.5. The first-order chi connectivity index (χ1) is 8.02. The lowest BCUT2D eigenvalue weighted by molar-refractivity contribution is -0.120. The average Bonchev–Trinajstić information content (AvgIpc) is 2.28. The van der Waals surface area contributed by atoms with Crippen LogP contribution in [0.4, 0.5) is 0 Å². The van der Waals surface area contributed by atoms with E-state index in [0.29, 0.717) is 0 Å². The minimum absolute atomic E-state index is 0. The van der Waals surface area contributed by atoms with E-state index in [2.05, 4.69) is 5.32 Å². The molecule has 5 heteroatoms. The fourth-order valence-electron chi connectivity index (χ4n) is 1.51. The molecule has 18 heavy (non-hydrogen) atoms. The number of benzene rings is 1.